The largest absolute Gasteiger partial charge is 0.507 e. The Labute approximate surface area is 104 Å². The second-order valence-corrected chi connectivity index (χ2v) is 4.16. The molecule has 0 aliphatic rings. The summed E-state index contributed by atoms with van der Waals surface area (Å²) in [4.78, 5) is 24.5. The van der Waals surface area contributed by atoms with E-state index in [9.17, 15) is 20.0 Å². The molecule has 1 aromatic heterocycles. The van der Waals surface area contributed by atoms with Crippen molar-refractivity contribution >= 4 is 23.0 Å². The molecular weight excluding hydrogens is 260 g/mol. The number of thiazole rings is 1. The van der Waals surface area contributed by atoms with Crippen LogP contribution >= 0.6 is 11.3 Å². The Morgan fingerprint density at radius 3 is 2.72 bits per heavy atom. The molecule has 0 saturated carbocycles. The minimum Gasteiger partial charge on any atom is -0.507 e. The molecule has 2 N–H and O–H groups in total. The Balaban J connectivity index is 2.51. The maximum atomic E-state index is 10.7. The summed E-state index contributed by atoms with van der Waals surface area (Å²) in [6.45, 7) is 0. The van der Waals surface area contributed by atoms with E-state index >= 15 is 0 Å². The summed E-state index contributed by atoms with van der Waals surface area (Å²) in [6.07, 6.45) is 0. The second kappa shape index (κ2) is 4.41. The number of benzene rings is 1. The van der Waals surface area contributed by atoms with Crippen LogP contribution in [-0.4, -0.2) is 26.1 Å². The highest BCUT2D eigenvalue weighted by Crippen LogP contribution is 2.34. The number of nitrogens with zero attached hydrogens (tertiary/aromatic N) is 2. The average Bonchev–Trinajstić information content (AvgIpc) is 2.78. The van der Waals surface area contributed by atoms with Gasteiger partial charge < -0.3 is 10.2 Å². The molecule has 0 saturated heterocycles. The minimum absolute atomic E-state index is 0.140. The summed E-state index contributed by atoms with van der Waals surface area (Å²) < 4.78 is 0. The molecule has 7 nitrogen and oxygen atoms in total. The predicted molar refractivity (Wildman–Crippen MR) is 62.8 cm³/mol. The van der Waals surface area contributed by atoms with Gasteiger partial charge in [-0.15, -0.1) is 11.3 Å². The van der Waals surface area contributed by atoms with Gasteiger partial charge in [-0.1, -0.05) is 0 Å². The maximum Gasteiger partial charge on any atom is 0.355 e. The lowest BCUT2D eigenvalue weighted by molar-refractivity contribution is -0.384. The predicted octanol–water partition coefficient (Wildman–Crippen LogP) is 2.12. The molecule has 0 bridgehead atoms. The van der Waals surface area contributed by atoms with Crippen molar-refractivity contribution in [3.63, 3.8) is 0 Å². The van der Waals surface area contributed by atoms with E-state index < -0.39 is 10.9 Å². The molecule has 0 radical (unpaired) electrons. The number of aromatic carboxylic acids is 1. The molecule has 0 aliphatic carbocycles. The number of aromatic nitrogens is 1. The number of phenolic OH excluding ortho intramolecular Hbond substituents is 1. The third-order valence-corrected chi connectivity index (χ3v) is 3.02. The summed E-state index contributed by atoms with van der Waals surface area (Å²) in [5, 5.41) is 30.5. The van der Waals surface area contributed by atoms with Gasteiger partial charge in [-0.05, 0) is 6.07 Å². The van der Waals surface area contributed by atoms with Crippen LogP contribution in [0, 0.1) is 10.1 Å². The van der Waals surface area contributed by atoms with Crippen molar-refractivity contribution in [1.82, 2.24) is 4.98 Å². The van der Waals surface area contributed by atoms with Crippen molar-refractivity contribution in [3.8, 4) is 16.3 Å². The lowest BCUT2D eigenvalue weighted by Crippen LogP contribution is -1.95. The fourth-order valence-electron chi connectivity index (χ4n) is 1.30. The van der Waals surface area contributed by atoms with Crippen LogP contribution in [0.5, 0.6) is 5.75 Å². The van der Waals surface area contributed by atoms with Crippen molar-refractivity contribution in [3.05, 3.63) is 39.4 Å². The summed E-state index contributed by atoms with van der Waals surface area (Å²) >= 11 is 0.991. The Kier molecular flexibility index (Phi) is 2.94. The minimum atomic E-state index is -1.19. The van der Waals surface area contributed by atoms with Gasteiger partial charge in [0.15, 0.2) is 5.69 Å². The molecule has 0 fully saturated rings. The van der Waals surface area contributed by atoms with Gasteiger partial charge in [-0.25, -0.2) is 9.78 Å². The van der Waals surface area contributed by atoms with E-state index in [0.29, 0.717) is 0 Å². The Hall–Kier alpha value is -2.48. The lowest BCUT2D eigenvalue weighted by Gasteiger charge is -2.00. The summed E-state index contributed by atoms with van der Waals surface area (Å²) in [6, 6.07) is 3.49. The van der Waals surface area contributed by atoms with E-state index in [1.54, 1.807) is 0 Å². The number of nitro benzene ring substituents is 1. The van der Waals surface area contributed by atoms with E-state index in [-0.39, 0.29) is 27.7 Å². The van der Waals surface area contributed by atoms with Crippen molar-refractivity contribution in [1.29, 1.82) is 0 Å². The number of hydrogen-bond donors (Lipinski definition) is 2. The zero-order chi connectivity index (χ0) is 13.3. The lowest BCUT2D eigenvalue weighted by atomic mass is 10.2. The molecule has 0 spiro atoms. The van der Waals surface area contributed by atoms with Crippen molar-refractivity contribution < 1.29 is 19.9 Å². The number of hydrogen-bond acceptors (Lipinski definition) is 6. The number of nitro groups is 1. The number of rotatable bonds is 3. The van der Waals surface area contributed by atoms with Crippen molar-refractivity contribution in [2.24, 2.45) is 0 Å². The van der Waals surface area contributed by atoms with E-state index in [2.05, 4.69) is 4.98 Å². The first-order valence-corrected chi connectivity index (χ1v) is 5.53. The molecular formula is C10H6N2O5S. The molecule has 0 atom stereocenters. The van der Waals surface area contributed by atoms with Crippen LogP contribution in [0.25, 0.3) is 10.6 Å². The van der Waals surface area contributed by atoms with Gasteiger partial charge >= 0.3 is 5.97 Å². The monoisotopic (exact) mass is 266 g/mol. The van der Waals surface area contributed by atoms with Crippen molar-refractivity contribution in [2.75, 3.05) is 0 Å². The number of phenols is 1. The first-order valence-electron chi connectivity index (χ1n) is 4.65. The molecule has 0 aliphatic heterocycles. The second-order valence-electron chi connectivity index (χ2n) is 3.30. The van der Waals surface area contributed by atoms with E-state index in [1.165, 1.54) is 11.4 Å². The van der Waals surface area contributed by atoms with Crippen LogP contribution in [0.2, 0.25) is 0 Å². The third kappa shape index (κ3) is 2.13. The van der Waals surface area contributed by atoms with E-state index in [0.717, 1.165) is 23.5 Å². The van der Waals surface area contributed by atoms with Gasteiger partial charge in [-0.3, -0.25) is 10.1 Å². The van der Waals surface area contributed by atoms with Crippen LogP contribution in [0.3, 0.4) is 0 Å². The number of carboxylic acid groups (broad SMARTS) is 1. The summed E-state index contributed by atoms with van der Waals surface area (Å²) in [7, 11) is 0. The first kappa shape index (κ1) is 12.0. The van der Waals surface area contributed by atoms with Gasteiger partial charge in [0.05, 0.1) is 10.5 Å². The fraction of sp³-hybridized carbons (Fsp3) is 0. The molecule has 18 heavy (non-hydrogen) atoms. The SMILES string of the molecule is O=C(O)c1csc(-c2cc([N+](=O)[O-])ccc2O)n1. The highest BCUT2D eigenvalue weighted by molar-refractivity contribution is 7.13. The highest BCUT2D eigenvalue weighted by Gasteiger charge is 2.16. The molecule has 92 valence electrons. The molecule has 0 amide bonds. The normalized spacial score (nSPS) is 10.2. The zero-order valence-electron chi connectivity index (χ0n) is 8.73. The first-order chi connectivity index (χ1) is 8.49. The molecule has 1 aromatic carbocycles. The van der Waals surface area contributed by atoms with Crippen LogP contribution < -0.4 is 0 Å². The quantitative estimate of drug-likeness (QED) is 0.649. The molecule has 2 rings (SSSR count). The Morgan fingerprint density at radius 1 is 1.44 bits per heavy atom. The summed E-state index contributed by atoms with van der Waals surface area (Å²) in [5.74, 6) is -1.38. The van der Waals surface area contributed by atoms with Gasteiger partial charge in [0.25, 0.3) is 5.69 Å². The number of carbonyl (C=O) groups is 1. The van der Waals surface area contributed by atoms with Crippen LogP contribution in [-0.2, 0) is 0 Å². The topological polar surface area (TPSA) is 114 Å². The van der Waals surface area contributed by atoms with Crippen LogP contribution in [0.4, 0.5) is 5.69 Å². The van der Waals surface area contributed by atoms with Gasteiger partial charge in [0.2, 0.25) is 0 Å². The van der Waals surface area contributed by atoms with Gasteiger partial charge in [0.1, 0.15) is 10.8 Å². The smallest absolute Gasteiger partial charge is 0.355 e. The highest BCUT2D eigenvalue weighted by atomic mass is 32.1. The standard InChI is InChI=1S/C10H6N2O5S/c13-8-2-1-5(12(16)17)3-6(8)9-11-7(4-18-9)10(14)15/h1-4,13H,(H,14,15). The fourth-order valence-corrected chi connectivity index (χ4v) is 2.12. The molecule has 8 heteroatoms. The zero-order valence-corrected chi connectivity index (χ0v) is 9.55. The number of carboxylic acids is 1. The molecule has 1 heterocycles. The molecule has 2 aromatic rings. The summed E-state index contributed by atoms with van der Waals surface area (Å²) in [5.41, 5.74) is -0.225. The third-order valence-electron chi connectivity index (χ3n) is 2.14. The van der Waals surface area contributed by atoms with E-state index in [4.69, 9.17) is 5.11 Å². The number of aromatic hydroxyl groups is 1. The number of non-ortho nitro benzene ring substituents is 1. The maximum absolute atomic E-state index is 10.7. The van der Waals surface area contributed by atoms with Crippen LogP contribution in [0.1, 0.15) is 10.5 Å². The van der Waals surface area contributed by atoms with E-state index in [1.807, 2.05) is 0 Å². The average molecular weight is 266 g/mol. The molecule has 0 unspecified atom stereocenters. The van der Waals surface area contributed by atoms with Gasteiger partial charge in [0, 0.05) is 17.5 Å². The Bertz CT molecular complexity index is 637. The van der Waals surface area contributed by atoms with Gasteiger partial charge in [-0.2, -0.15) is 0 Å². The Morgan fingerprint density at radius 2 is 2.17 bits per heavy atom. The van der Waals surface area contributed by atoms with Crippen LogP contribution in [0.15, 0.2) is 23.6 Å². The van der Waals surface area contributed by atoms with Crippen molar-refractivity contribution in [2.45, 2.75) is 0 Å².